The summed E-state index contributed by atoms with van der Waals surface area (Å²) >= 11 is 0. The number of pyridine rings is 1. The minimum absolute atomic E-state index is 0.00407. The predicted octanol–water partition coefficient (Wildman–Crippen LogP) is 1.36. The van der Waals surface area contributed by atoms with E-state index in [0.29, 0.717) is 13.1 Å². The van der Waals surface area contributed by atoms with Crippen LogP contribution in [0.5, 0.6) is 0 Å². The molecule has 0 aliphatic carbocycles. The average molecular weight is 275 g/mol. The summed E-state index contributed by atoms with van der Waals surface area (Å²) in [6, 6.07) is 3.42. The van der Waals surface area contributed by atoms with Crippen molar-refractivity contribution in [3.8, 4) is 0 Å². The second kappa shape index (κ2) is 6.03. The van der Waals surface area contributed by atoms with Crippen LogP contribution in [0.15, 0.2) is 18.3 Å². The fourth-order valence-electron chi connectivity index (χ4n) is 2.48. The zero-order valence-corrected chi connectivity index (χ0v) is 12.3. The van der Waals surface area contributed by atoms with Crippen molar-refractivity contribution in [1.29, 1.82) is 0 Å². The topological polar surface area (TPSA) is 53.5 Å². The van der Waals surface area contributed by atoms with Crippen LogP contribution in [0, 0.1) is 6.92 Å². The molecule has 0 aromatic carbocycles. The van der Waals surface area contributed by atoms with E-state index in [9.17, 15) is 9.59 Å². The number of rotatable bonds is 4. The van der Waals surface area contributed by atoms with Gasteiger partial charge in [-0.15, -0.1) is 0 Å². The third-order valence-electron chi connectivity index (χ3n) is 3.71. The Bertz CT molecular complexity index is 516. The Morgan fingerprint density at radius 1 is 1.40 bits per heavy atom. The molecular weight excluding hydrogens is 254 g/mol. The number of aryl methyl sites for hydroxylation is 1. The minimum atomic E-state index is -0.413. The number of amides is 2. The minimum Gasteiger partial charge on any atom is -0.332 e. The van der Waals surface area contributed by atoms with Crippen molar-refractivity contribution in [3.63, 3.8) is 0 Å². The molecule has 2 rings (SSSR count). The molecule has 5 nitrogen and oxygen atoms in total. The van der Waals surface area contributed by atoms with Crippen molar-refractivity contribution >= 4 is 11.8 Å². The molecule has 1 aromatic rings. The maximum Gasteiger partial charge on any atom is 0.245 e. The number of aromatic nitrogens is 1. The molecule has 1 atom stereocenters. The Hall–Kier alpha value is -1.91. The second-order valence-corrected chi connectivity index (χ2v) is 5.22. The van der Waals surface area contributed by atoms with E-state index in [1.807, 2.05) is 26.0 Å². The van der Waals surface area contributed by atoms with Crippen molar-refractivity contribution in [2.45, 2.75) is 39.8 Å². The smallest absolute Gasteiger partial charge is 0.245 e. The molecule has 108 valence electrons. The highest BCUT2D eigenvalue weighted by atomic mass is 16.2. The van der Waals surface area contributed by atoms with Crippen LogP contribution in [0.3, 0.4) is 0 Å². The quantitative estimate of drug-likeness (QED) is 0.833. The van der Waals surface area contributed by atoms with Gasteiger partial charge in [0.2, 0.25) is 11.8 Å². The van der Waals surface area contributed by atoms with Crippen molar-refractivity contribution in [3.05, 3.63) is 29.6 Å². The lowest BCUT2D eigenvalue weighted by Gasteiger charge is -2.38. The van der Waals surface area contributed by atoms with E-state index in [4.69, 9.17) is 0 Å². The van der Waals surface area contributed by atoms with E-state index < -0.39 is 6.04 Å². The summed E-state index contributed by atoms with van der Waals surface area (Å²) in [7, 11) is 0. The number of hydrogen-bond donors (Lipinski definition) is 0. The highest BCUT2D eigenvalue weighted by Gasteiger charge is 2.36. The fraction of sp³-hybridized carbons (Fsp3) is 0.533. The SMILES string of the molecule is CCCN1CC(=O)N(Cc2ncccc2C)[C@@H](C)C1=O. The Balaban J connectivity index is 2.15. The van der Waals surface area contributed by atoms with E-state index in [-0.39, 0.29) is 18.4 Å². The van der Waals surface area contributed by atoms with E-state index in [2.05, 4.69) is 4.98 Å². The summed E-state index contributed by atoms with van der Waals surface area (Å²) in [5.41, 5.74) is 1.89. The zero-order chi connectivity index (χ0) is 14.7. The molecular formula is C15H21N3O2. The van der Waals surface area contributed by atoms with Crippen LogP contribution in [0.4, 0.5) is 0 Å². The Kier molecular flexibility index (Phi) is 4.37. The van der Waals surface area contributed by atoms with Crippen LogP contribution < -0.4 is 0 Å². The molecule has 1 aliphatic rings. The lowest BCUT2D eigenvalue weighted by molar-refractivity contribution is -0.155. The molecule has 0 N–H and O–H groups in total. The number of hydrogen-bond acceptors (Lipinski definition) is 3. The summed E-state index contributed by atoms with van der Waals surface area (Å²) in [6.07, 6.45) is 2.58. The summed E-state index contributed by atoms with van der Waals surface area (Å²) in [5.74, 6) is 0.0237. The lowest BCUT2D eigenvalue weighted by Crippen LogP contribution is -2.58. The number of nitrogens with zero attached hydrogens (tertiary/aromatic N) is 3. The third-order valence-corrected chi connectivity index (χ3v) is 3.71. The fourth-order valence-corrected chi connectivity index (χ4v) is 2.48. The van der Waals surface area contributed by atoms with Gasteiger partial charge in [0, 0.05) is 12.7 Å². The molecule has 2 heterocycles. The molecule has 1 aliphatic heterocycles. The van der Waals surface area contributed by atoms with Crippen molar-refractivity contribution in [1.82, 2.24) is 14.8 Å². The zero-order valence-electron chi connectivity index (χ0n) is 12.3. The molecule has 0 spiro atoms. The van der Waals surface area contributed by atoms with Crippen molar-refractivity contribution in [2.24, 2.45) is 0 Å². The van der Waals surface area contributed by atoms with E-state index in [1.165, 1.54) is 0 Å². The van der Waals surface area contributed by atoms with Crippen molar-refractivity contribution < 1.29 is 9.59 Å². The van der Waals surface area contributed by atoms with Crippen LogP contribution >= 0.6 is 0 Å². The molecule has 5 heteroatoms. The van der Waals surface area contributed by atoms with Gasteiger partial charge >= 0.3 is 0 Å². The number of carbonyl (C=O) groups is 2. The van der Waals surface area contributed by atoms with E-state index in [1.54, 1.807) is 22.9 Å². The van der Waals surface area contributed by atoms with Gasteiger partial charge in [-0.25, -0.2) is 0 Å². The van der Waals surface area contributed by atoms with Crippen LogP contribution in [-0.2, 0) is 16.1 Å². The molecule has 1 aromatic heterocycles. The highest BCUT2D eigenvalue weighted by Crippen LogP contribution is 2.17. The molecule has 0 radical (unpaired) electrons. The molecule has 2 amide bonds. The van der Waals surface area contributed by atoms with Gasteiger partial charge in [-0.05, 0) is 31.9 Å². The monoisotopic (exact) mass is 275 g/mol. The van der Waals surface area contributed by atoms with Gasteiger partial charge in [0.1, 0.15) is 6.04 Å². The van der Waals surface area contributed by atoms with Crippen LogP contribution in [0.2, 0.25) is 0 Å². The standard InChI is InChI=1S/C15H21N3O2/c1-4-8-17-10-14(19)18(12(3)15(17)20)9-13-11(2)6-5-7-16-13/h5-7,12H,4,8-10H2,1-3H3/t12-/m0/s1. The van der Waals surface area contributed by atoms with Gasteiger partial charge in [-0.2, -0.15) is 0 Å². The number of piperazine rings is 1. The van der Waals surface area contributed by atoms with Crippen molar-refractivity contribution in [2.75, 3.05) is 13.1 Å². The summed E-state index contributed by atoms with van der Waals surface area (Å²) in [4.78, 5) is 32.1. The molecule has 1 saturated heterocycles. The molecule has 0 bridgehead atoms. The Labute approximate surface area is 119 Å². The van der Waals surface area contributed by atoms with Crippen LogP contribution in [0.1, 0.15) is 31.5 Å². The lowest BCUT2D eigenvalue weighted by atomic mass is 10.1. The normalized spacial score (nSPS) is 19.6. The van der Waals surface area contributed by atoms with E-state index >= 15 is 0 Å². The highest BCUT2D eigenvalue weighted by molar-refractivity contribution is 5.94. The molecule has 20 heavy (non-hydrogen) atoms. The third kappa shape index (κ3) is 2.81. The average Bonchev–Trinajstić information content (AvgIpc) is 2.43. The molecule has 0 unspecified atom stereocenters. The Morgan fingerprint density at radius 3 is 2.80 bits per heavy atom. The maximum atomic E-state index is 12.3. The van der Waals surface area contributed by atoms with Gasteiger partial charge in [0.05, 0.1) is 18.8 Å². The van der Waals surface area contributed by atoms with Gasteiger partial charge in [-0.3, -0.25) is 14.6 Å². The maximum absolute atomic E-state index is 12.3. The summed E-state index contributed by atoms with van der Waals surface area (Å²) in [6.45, 7) is 6.99. The summed E-state index contributed by atoms with van der Waals surface area (Å²) in [5, 5.41) is 0. The first-order valence-electron chi connectivity index (χ1n) is 7.03. The first-order valence-corrected chi connectivity index (χ1v) is 7.03. The van der Waals surface area contributed by atoms with Gasteiger partial charge in [0.15, 0.2) is 0 Å². The van der Waals surface area contributed by atoms with E-state index in [0.717, 1.165) is 17.7 Å². The van der Waals surface area contributed by atoms with Gasteiger partial charge in [-0.1, -0.05) is 13.0 Å². The number of carbonyl (C=O) groups excluding carboxylic acids is 2. The molecule has 1 fully saturated rings. The van der Waals surface area contributed by atoms with Crippen LogP contribution in [0.25, 0.3) is 0 Å². The summed E-state index contributed by atoms with van der Waals surface area (Å²) < 4.78 is 0. The largest absolute Gasteiger partial charge is 0.332 e. The Morgan fingerprint density at radius 2 is 2.15 bits per heavy atom. The van der Waals surface area contributed by atoms with Gasteiger partial charge < -0.3 is 9.80 Å². The van der Waals surface area contributed by atoms with Gasteiger partial charge in [0.25, 0.3) is 0 Å². The first kappa shape index (κ1) is 14.5. The first-order chi connectivity index (χ1) is 9.54. The molecule has 0 saturated carbocycles. The van der Waals surface area contributed by atoms with Crippen LogP contribution in [-0.4, -0.2) is 45.7 Å². The second-order valence-electron chi connectivity index (χ2n) is 5.22. The predicted molar refractivity (Wildman–Crippen MR) is 75.9 cm³/mol.